The van der Waals surface area contributed by atoms with Crippen molar-refractivity contribution in [1.29, 1.82) is 0 Å². The number of hydrogen-bond acceptors (Lipinski definition) is 3. The predicted octanol–water partition coefficient (Wildman–Crippen LogP) is 3.36. The number of nitrogens with one attached hydrogen (secondary N) is 1. The van der Waals surface area contributed by atoms with Gasteiger partial charge in [0.2, 0.25) is 0 Å². The molecule has 3 nitrogen and oxygen atoms in total. The zero-order valence-electron chi connectivity index (χ0n) is 10.5. The summed E-state index contributed by atoms with van der Waals surface area (Å²) in [6.45, 7) is 8.78. The van der Waals surface area contributed by atoms with E-state index in [2.05, 4.69) is 16.9 Å². The monoisotopic (exact) mass is 240 g/mol. The normalized spacial score (nSPS) is 11.8. The van der Waals surface area contributed by atoms with E-state index in [0.29, 0.717) is 11.2 Å². The molecule has 0 saturated heterocycles. The molecule has 1 rings (SSSR count). The van der Waals surface area contributed by atoms with Crippen LogP contribution in [0.3, 0.4) is 0 Å². The predicted molar refractivity (Wildman–Crippen MR) is 68.1 cm³/mol. The summed E-state index contributed by atoms with van der Waals surface area (Å²) in [6, 6.07) is 1.92. The van der Waals surface area contributed by atoms with Crippen LogP contribution < -0.4 is 0 Å². The van der Waals surface area contributed by atoms with Gasteiger partial charge in [0.05, 0.1) is 0 Å². The molecule has 0 atom stereocenters. The molecule has 0 aliphatic heterocycles. The molecule has 0 aliphatic carbocycles. The second-order valence-corrected chi connectivity index (χ2v) is 4.70. The first-order valence-electron chi connectivity index (χ1n) is 5.74. The third-order valence-electron chi connectivity index (χ3n) is 2.39. The Kier molecular flexibility index (Phi) is 4.62. The van der Waals surface area contributed by atoms with Crippen molar-refractivity contribution in [2.24, 2.45) is 0 Å². The Morgan fingerprint density at radius 1 is 1.44 bits per heavy atom. The lowest BCUT2D eigenvalue weighted by atomic mass is 10.1. The molecule has 1 heterocycles. The van der Waals surface area contributed by atoms with Gasteiger partial charge in [-0.2, -0.15) is 0 Å². The maximum atomic E-state index is 5.66. The third-order valence-corrected chi connectivity index (χ3v) is 2.60. The van der Waals surface area contributed by atoms with Gasteiger partial charge in [-0.1, -0.05) is 25.6 Å². The second kappa shape index (κ2) is 5.55. The van der Waals surface area contributed by atoms with E-state index in [0.717, 1.165) is 24.4 Å². The van der Waals surface area contributed by atoms with Gasteiger partial charge in [0.25, 0.3) is 0 Å². The Hall–Kier alpha value is -0.740. The molecule has 0 saturated carbocycles. The molecule has 90 valence electrons. The van der Waals surface area contributed by atoms with Crippen LogP contribution >= 0.6 is 12.2 Å². The van der Waals surface area contributed by atoms with Crippen LogP contribution in [0, 0.1) is 4.64 Å². The number of ether oxygens (including phenoxy) is 1. The molecule has 0 bridgehead atoms. The number of nitrogens with zero attached hydrogens (tertiary/aromatic N) is 1. The van der Waals surface area contributed by atoms with E-state index in [-0.39, 0.29) is 0 Å². The van der Waals surface area contributed by atoms with Gasteiger partial charge < -0.3 is 9.72 Å². The number of H-pyrrole nitrogens is 1. The average molecular weight is 240 g/mol. The van der Waals surface area contributed by atoms with Crippen molar-refractivity contribution in [1.82, 2.24) is 9.97 Å². The van der Waals surface area contributed by atoms with E-state index < -0.39 is 5.60 Å². The SMILES string of the molecule is CCCc1cc(=S)nc(C(C)(C)OCC)[nH]1. The summed E-state index contributed by atoms with van der Waals surface area (Å²) < 4.78 is 6.29. The molecule has 1 aromatic rings. The van der Waals surface area contributed by atoms with Crippen LogP contribution in [0.5, 0.6) is 0 Å². The first-order valence-corrected chi connectivity index (χ1v) is 6.15. The summed E-state index contributed by atoms with van der Waals surface area (Å²) >= 11 is 5.17. The summed E-state index contributed by atoms with van der Waals surface area (Å²) in [5.74, 6) is 0.810. The van der Waals surface area contributed by atoms with Gasteiger partial charge in [-0.3, -0.25) is 0 Å². The van der Waals surface area contributed by atoms with Crippen molar-refractivity contribution >= 4 is 12.2 Å². The highest BCUT2D eigenvalue weighted by Gasteiger charge is 2.23. The summed E-state index contributed by atoms with van der Waals surface area (Å²) in [5, 5.41) is 0. The first kappa shape index (κ1) is 13.3. The number of hydrogen-bond donors (Lipinski definition) is 1. The van der Waals surface area contributed by atoms with Gasteiger partial charge in [-0.25, -0.2) is 4.98 Å². The molecular formula is C12H20N2OS. The lowest BCUT2D eigenvalue weighted by molar-refractivity contribution is -0.0210. The average Bonchev–Trinajstić information content (AvgIpc) is 2.17. The Bertz CT molecular complexity index is 398. The van der Waals surface area contributed by atoms with Crippen molar-refractivity contribution in [2.75, 3.05) is 6.61 Å². The second-order valence-electron chi connectivity index (χ2n) is 4.29. The van der Waals surface area contributed by atoms with Crippen LogP contribution in [0.25, 0.3) is 0 Å². The van der Waals surface area contributed by atoms with Crippen LogP contribution in [-0.2, 0) is 16.8 Å². The van der Waals surface area contributed by atoms with E-state index in [4.69, 9.17) is 17.0 Å². The summed E-state index contributed by atoms with van der Waals surface area (Å²) in [7, 11) is 0. The van der Waals surface area contributed by atoms with Gasteiger partial charge >= 0.3 is 0 Å². The molecule has 16 heavy (non-hydrogen) atoms. The largest absolute Gasteiger partial charge is 0.368 e. The van der Waals surface area contributed by atoms with E-state index in [1.165, 1.54) is 0 Å². The minimum atomic E-state index is -0.411. The van der Waals surface area contributed by atoms with Crippen LogP contribution in [0.2, 0.25) is 0 Å². The molecule has 0 radical (unpaired) electrons. The van der Waals surface area contributed by atoms with Crippen LogP contribution in [0.15, 0.2) is 6.07 Å². The Labute approximate surface area is 102 Å². The van der Waals surface area contributed by atoms with Gasteiger partial charge in [-0.15, -0.1) is 0 Å². The van der Waals surface area contributed by atoms with Gasteiger partial charge in [0, 0.05) is 12.3 Å². The highest BCUT2D eigenvalue weighted by Crippen LogP contribution is 2.21. The highest BCUT2D eigenvalue weighted by atomic mass is 32.1. The minimum Gasteiger partial charge on any atom is -0.368 e. The van der Waals surface area contributed by atoms with Gasteiger partial charge in [0.1, 0.15) is 16.1 Å². The fraction of sp³-hybridized carbons (Fsp3) is 0.667. The number of aromatic amines is 1. The molecule has 1 N–H and O–H groups in total. The zero-order valence-corrected chi connectivity index (χ0v) is 11.3. The molecule has 0 fully saturated rings. The van der Waals surface area contributed by atoms with E-state index in [1.54, 1.807) is 0 Å². The topological polar surface area (TPSA) is 37.9 Å². The molecule has 0 spiro atoms. The number of aromatic nitrogens is 2. The molecule has 0 unspecified atom stereocenters. The lowest BCUT2D eigenvalue weighted by Crippen LogP contribution is -2.25. The number of rotatable bonds is 5. The zero-order chi connectivity index (χ0) is 12.2. The molecule has 0 aromatic carbocycles. The van der Waals surface area contributed by atoms with Gasteiger partial charge in [0.15, 0.2) is 0 Å². The standard InChI is InChI=1S/C12H20N2OS/c1-5-7-9-8-10(16)14-11(13-9)12(3,4)15-6-2/h8H,5-7H2,1-4H3,(H,13,14,16). The minimum absolute atomic E-state index is 0.411. The molecular weight excluding hydrogens is 220 g/mol. The van der Waals surface area contributed by atoms with Gasteiger partial charge in [-0.05, 0) is 33.3 Å². The molecule has 0 amide bonds. The van der Waals surface area contributed by atoms with Crippen molar-refractivity contribution in [2.45, 2.75) is 46.1 Å². The third kappa shape index (κ3) is 3.39. The first-order chi connectivity index (χ1) is 7.49. The van der Waals surface area contributed by atoms with E-state index in [1.807, 2.05) is 26.8 Å². The lowest BCUT2D eigenvalue weighted by Gasteiger charge is -2.24. The summed E-state index contributed by atoms with van der Waals surface area (Å²) in [5.41, 5.74) is 0.719. The van der Waals surface area contributed by atoms with Crippen molar-refractivity contribution in [3.8, 4) is 0 Å². The van der Waals surface area contributed by atoms with Crippen molar-refractivity contribution < 1.29 is 4.74 Å². The quantitative estimate of drug-likeness (QED) is 0.802. The maximum Gasteiger partial charge on any atom is 0.139 e. The summed E-state index contributed by atoms with van der Waals surface area (Å²) in [4.78, 5) is 7.65. The Morgan fingerprint density at radius 3 is 2.69 bits per heavy atom. The van der Waals surface area contributed by atoms with Crippen molar-refractivity contribution in [3.05, 3.63) is 22.2 Å². The Morgan fingerprint density at radius 2 is 2.12 bits per heavy atom. The molecule has 0 aliphatic rings. The van der Waals surface area contributed by atoms with Crippen LogP contribution in [0.1, 0.15) is 45.6 Å². The highest BCUT2D eigenvalue weighted by molar-refractivity contribution is 7.71. The Balaban J connectivity index is 3.08. The van der Waals surface area contributed by atoms with E-state index >= 15 is 0 Å². The molecule has 4 heteroatoms. The summed E-state index contributed by atoms with van der Waals surface area (Å²) in [6.07, 6.45) is 2.07. The molecule has 1 aromatic heterocycles. The smallest absolute Gasteiger partial charge is 0.139 e. The fourth-order valence-electron chi connectivity index (χ4n) is 1.63. The van der Waals surface area contributed by atoms with Crippen LogP contribution in [0.4, 0.5) is 0 Å². The van der Waals surface area contributed by atoms with E-state index in [9.17, 15) is 0 Å². The maximum absolute atomic E-state index is 5.66. The van der Waals surface area contributed by atoms with Crippen molar-refractivity contribution in [3.63, 3.8) is 0 Å². The fourth-order valence-corrected chi connectivity index (χ4v) is 1.86. The number of aryl methyl sites for hydroxylation is 1. The van der Waals surface area contributed by atoms with Crippen LogP contribution in [-0.4, -0.2) is 16.6 Å².